The first-order valence-electron chi connectivity index (χ1n) is 6.77. The molecule has 0 unspecified atom stereocenters. The molecule has 19 heavy (non-hydrogen) atoms. The Kier molecular flexibility index (Phi) is 4.07. The van der Waals surface area contributed by atoms with E-state index in [4.69, 9.17) is 4.74 Å². The maximum absolute atomic E-state index is 5.13. The first kappa shape index (κ1) is 13.8. The fraction of sp³-hybridized carbons (Fsp3) is 0.769. The predicted octanol–water partition coefficient (Wildman–Crippen LogP) is 1.94. The van der Waals surface area contributed by atoms with Crippen LogP contribution in [0.15, 0.2) is 0 Å². The second-order valence-electron chi connectivity index (χ2n) is 5.70. The number of methoxy groups -OCH3 is 1. The molecule has 1 aromatic rings. The van der Waals surface area contributed by atoms with Crippen molar-refractivity contribution in [2.24, 2.45) is 5.41 Å². The summed E-state index contributed by atoms with van der Waals surface area (Å²) in [6.45, 7) is 6.61. The average molecular weight is 265 g/mol. The van der Waals surface area contributed by atoms with Gasteiger partial charge in [-0.1, -0.05) is 13.8 Å². The highest BCUT2D eigenvalue weighted by atomic mass is 16.5. The van der Waals surface area contributed by atoms with Gasteiger partial charge >= 0.3 is 6.01 Å². The van der Waals surface area contributed by atoms with Crippen LogP contribution in [0.3, 0.4) is 0 Å². The maximum Gasteiger partial charge on any atom is 0.322 e. The third kappa shape index (κ3) is 3.45. The number of nitrogens with one attached hydrogen (secondary N) is 1. The van der Waals surface area contributed by atoms with E-state index in [1.165, 1.54) is 6.42 Å². The SMILES string of the molecule is CNc1nc(OC)nc(N2CCCC(C)(C)CC2)n1. The summed E-state index contributed by atoms with van der Waals surface area (Å²) in [6, 6.07) is 0.359. The van der Waals surface area contributed by atoms with E-state index in [-0.39, 0.29) is 0 Å². The molecule has 0 aromatic carbocycles. The van der Waals surface area contributed by atoms with E-state index >= 15 is 0 Å². The quantitative estimate of drug-likeness (QED) is 0.901. The van der Waals surface area contributed by atoms with Crippen LogP contribution in [0.4, 0.5) is 11.9 Å². The number of nitrogens with zero attached hydrogens (tertiary/aromatic N) is 4. The largest absolute Gasteiger partial charge is 0.467 e. The minimum absolute atomic E-state index is 0.359. The summed E-state index contributed by atoms with van der Waals surface area (Å²) in [5.41, 5.74) is 0.400. The molecular formula is C13H23N5O. The van der Waals surface area contributed by atoms with E-state index in [1.54, 1.807) is 14.2 Å². The second kappa shape index (κ2) is 5.59. The normalized spacial score (nSPS) is 18.8. The van der Waals surface area contributed by atoms with E-state index in [0.29, 0.717) is 23.3 Å². The topological polar surface area (TPSA) is 63.2 Å². The Morgan fingerprint density at radius 1 is 1.16 bits per heavy atom. The van der Waals surface area contributed by atoms with Gasteiger partial charge in [0.15, 0.2) is 0 Å². The molecule has 1 aliphatic rings. The number of anilines is 2. The van der Waals surface area contributed by atoms with Crippen molar-refractivity contribution in [1.82, 2.24) is 15.0 Å². The molecule has 0 spiro atoms. The molecule has 0 amide bonds. The van der Waals surface area contributed by atoms with Crippen molar-refractivity contribution in [3.8, 4) is 6.01 Å². The minimum atomic E-state index is 0.359. The van der Waals surface area contributed by atoms with Crippen LogP contribution >= 0.6 is 0 Å². The Labute approximate surface area is 114 Å². The van der Waals surface area contributed by atoms with Gasteiger partial charge in [0.05, 0.1) is 7.11 Å². The van der Waals surface area contributed by atoms with Gasteiger partial charge in [0.25, 0.3) is 0 Å². The molecule has 2 rings (SSSR count). The third-order valence-corrected chi connectivity index (χ3v) is 3.63. The molecule has 1 aromatic heterocycles. The van der Waals surface area contributed by atoms with Crippen molar-refractivity contribution in [2.45, 2.75) is 33.1 Å². The Hall–Kier alpha value is -1.59. The van der Waals surface area contributed by atoms with Crippen molar-refractivity contribution in [1.29, 1.82) is 0 Å². The molecule has 6 heteroatoms. The zero-order chi connectivity index (χ0) is 13.9. The molecule has 1 fully saturated rings. The molecule has 1 N–H and O–H groups in total. The van der Waals surface area contributed by atoms with Crippen LogP contribution in [0, 0.1) is 5.41 Å². The summed E-state index contributed by atoms with van der Waals surface area (Å²) in [5, 5.41) is 2.94. The lowest BCUT2D eigenvalue weighted by atomic mass is 9.85. The zero-order valence-electron chi connectivity index (χ0n) is 12.2. The predicted molar refractivity (Wildman–Crippen MR) is 75.8 cm³/mol. The monoisotopic (exact) mass is 265 g/mol. The standard InChI is InChI=1S/C13H23N5O/c1-13(2)6-5-8-18(9-7-13)11-15-10(14-3)16-12(17-11)19-4/h5-9H2,1-4H3,(H,14,15,16,17). The smallest absolute Gasteiger partial charge is 0.322 e. The Morgan fingerprint density at radius 3 is 2.63 bits per heavy atom. The molecule has 6 nitrogen and oxygen atoms in total. The molecule has 0 atom stereocenters. The second-order valence-corrected chi connectivity index (χ2v) is 5.70. The summed E-state index contributed by atoms with van der Waals surface area (Å²) in [6.07, 6.45) is 3.55. The minimum Gasteiger partial charge on any atom is -0.467 e. The van der Waals surface area contributed by atoms with Crippen LogP contribution in [0.5, 0.6) is 6.01 Å². The van der Waals surface area contributed by atoms with E-state index in [9.17, 15) is 0 Å². The van der Waals surface area contributed by atoms with Gasteiger partial charge in [-0.25, -0.2) is 0 Å². The van der Waals surface area contributed by atoms with Crippen LogP contribution in [0.2, 0.25) is 0 Å². The lowest BCUT2D eigenvalue weighted by Crippen LogP contribution is -2.27. The summed E-state index contributed by atoms with van der Waals surface area (Å²) in [5.74, 6) is 1.25. The van der Waals surface area contributed by atoms with Crippen molar-refractivity contribution in [2.75, 3.05) is 37.5 Å². The van der Waals surface area contributed by atoms with E-state index in [2.05, 4.69) is 39.0 Å². The first-order valence-corrected chi connectivity index (χ1v) is 6.77. The molecule has 0 aliphatic carbocycles. The highest BCUT2D eigenvalue weighted by molar-refractivity contribution is 5.38. The molecule has 2 heterocycles. The van der Waals surface area contributed by atoms with Crippen molar-refractivity contribution in [3.63, 3.8) is 0 Å². The third-order valence-electron chi connectivity index (χ3n) is 3.63. The zero-order valence-corrected chi connectivity index (χ0v) is 12.2. The van der Waals surface area contributed by atoms with Crippen LogP contribution in [-0.4, -0.2) is 42.2 Å². The summed E-state index contributed by atoms with van der Waals surface area (Å²) < 4.78 is 5.13. The first-order chi connectivity index (χ1) is 9.04. The average Bonchev–Trinajstić information content (AvgIpc) is 2.59. The summed E-state index contributed by atoms with van der Waals surface area (Å²) in [4.78, 5) is 15.1. The number of hydrogen-bond acceptors (Lipinski definition) is 6. The summed E-state index contributed by atoms with van der Waals surface area (Å²) >= 11 is 0. The van der Waals surface area contributed by atoms with E-state index < -0.39 is 0 Å². The van der Waals surface area contributed by atoms with Crippen molar-refractivity contribution in [3.05, 3.63) is 0 Å². The lowest BCUT2D eigenvalue weighted by Gasteiger charge is -2.23. The number of ether oxygens (including phenoxy) is 1. The fourth-order valence-corrected chi connectivity index (χ4v) is 2.31. The molecule has 0 radical (unpaired) electrons. The highest BCUT2D eigenvalue weighted by Gasteiger charge is 2.24. The highest BCUT2D eigenvalue weighted by Crippen LogP contribution is 2.31. The van der Waals surface area contributed by atoms with Crippen LogP contribution in [-0.2, 0) is 0 Å². The van der Waals surface area contributed by atoms with Gasteiger partial charge in [0.1, 0.15) is 0 Å². The number of aromatic nitrogens is 3. The van der Waals surface area contributed by atoms with Crippen molar-refractivity contribution >= 4 is 11.9 Å². The molecule has 0 bridgehead atoms. The summed E-state index contributed by atoms with van der Waals surface area (Å²) in [7, 11) is 3.37. The molecule has 1 saturated heterocycles. The van der Waals surface area contributed by atoms with Crippen LogP contribution in [0.25, 0.3) is 0 Å². The van der Waals surface area contributed by atoms with E-state index in [0.717, 1.165) is 25.9 Å². The van der Waals surface area contributed by atoms with Gasteiger partial charge < -0.3 is 15.0 Å². The molecule has 1 aliphatic heterocycles. The molecule has 0 saturated carbocycles. The van der Waals surface area contributed by atoms with Gasteiger partial charge in [0.2, 0.25) is 11.9 Å². The van der Waals surface area contributed by atoms with Crippen LogP contribution in [0.1, 0.15) is 33.1 Å². The van der Waals surface area contributed by atoms with Crippen molar-refractivity contribution < 1.29 is 4.74 Å². The van der Waals surface area contributed by atoms with Gasteiger partial charge in [-0.2, -0.15) is 15.0 Å². The maximum atomic E-state index is 5.13. The Morgan fingerprint density at radius 2 is 1.95 bits per heavy atom. The van der Waals surface area contributed by atoms with E-state index in [1.807, 2.05) is 0 Å². The van der Waals surface area contributed by atoms with Gasteiger partial charge in [-0.3, -0.25) is 0 Å². The van der Waals surface area contributed by atoms with Gasteiger partial charge in [-0.05, 0) is 24.7 Å². The van der Waals surface area contributed by atoms with Crippen LogP contribution < -0.4 is 15.0 Å². The molecular weight excluding hydrogens is 242 g/mol. The lowest BCUT2D eigenvalue weighted by molar-refractivity contribution is 0.325. The van der Waals surface area contributed by atoms with Gasteiger partial charge in [0, 0.05) is 20.1 Å². The fourth-order valence-electron chi connectivity index (χ4n) is 2.31. The molecule has 106 valence electrons. The Bertz CT molecular complexity index is 413. The number of rotatable bonds is 3. The van der Waals surface area contributed by atoms with Gasteiger partial charge in [-0.15, -0.1) is 0 Å². The number of hydrogen-bond donors (Lipinski definition) is 1. The Balaban J connectivity index is 2.21.